The zero-order valence-electron chi connectivity index (χ0n) is 37.4. The van der Waals surface area contributed by atoms with Gasteiger partial charge in [0, 0.05) is 23.6 Å². The van der Waals surface area contributed by atoms with Crippen LogP contribution in [-0.4, -0.2) is 45.5 Å². The zero-order chi connectivity index (χ0) is 41.5. The van der Waals surface area contributed by atoms with Crippen LogP contribution in [0.5, 0.6) is 28.7 Å². The minimum absolute atomic E-state index is 0.624. The van der Waals surface area contributed by atoms with E-state index in [2.05, 4.69) is 53.7 Å². The molecular formula is C51H78N2O5. The van der Waals surface area contributed by atoms with Crippen molar-refractivity contribution in [3.05, 3.63) is 65.2 Å². The predicted molar refractivity (Wildman–Crippen MR) is 247 cm³/mol. The van der Waals surface area contributed by atoms with Gasteiger partial charge in [-0.2, -0.15) is 0 Å². The van der Waals surface area contributed by atoms with E-state index in [1.807, 2.05) is 48.8 Å². The highest BCUT2D eigenvalue weighted by atomic mass is 16.5. The molecule has 0 saturated heterocycles. The minimum Gasteiger partial charge on any atom is -0.490 e. The minimum atomic E-state index is 0.624. The molecule has 0 amide bonds. The average Bonchev–Trinajstić information content (AvgIpc) is 3.24. The molecule has 3 rings (SSSR count). The molecule has 58 heavy (non-hydrogen) atoms. The van der Waals surface area contributed by atoms with Crippen LogP contribution in [0.2, 0.25) is 0 Å². The number of nitrogens with zero attached hydrogens (tertiary/aromatic N) is 2. The summed E-state index contributed by atoms with van der Waals surface area (Å²) in [5, 5.41) is 0. The molecule has 0 bridgehead atoms. The first-order chi connectivity index (χ1) is 28.6. The average molecular weight is 799 g/mol. The second kappa shape index (κ2) is 31.0. The van der Waals surface area contributed by atoms with Gasteiger partial charge in [0.25, 0.3) is 0 Å². The largest absolute Gasteiger partial charge is 0.490 e. The summed E-state index contributed by atoms with van der Waals surface area (Å²) < 4.78 is 32.2. The van der Waals surface area contributed by atoms with Crippen LogP contribution in [0.15, 0.2) is 58.5 Å². The molecule has 0 fully saturated rings. The van der Waals surface area contributed by atoms with Gasteiger partial charge in [-0.3, -0.25) is 9.98 Å². The van der Waals surface area contributed by atoms with E-state index in [-0.39, 0.29) is 0 Å². The summed E-state index contributed by atoms with van der Waals surface area (Å²) in [5.74, 6) is 3.79. The van der Waals surface area contributed by atoms with E-state index in [1.165, 1.54) is 70.6 Å². The second-order valence-corrected chi connectivity index (χ2v) is 15.5. The first-order valence-electron chi connectivity index (χ1n) is 23.2. The second-order valence-electron chi connectivity index (χ2n) is 15.5. The molecule has 0 aliphatic heterocycles. The molecule has 0 aromatic heterocycles. The molecule has 0 heterocycles. The Labute approximate surface area is 353 Å². The Kier molecular flexibility index (Phi) is 25.8. The van der Waals surface area contributed by atoms with Gasteiger partial charge in [0.05, 0.1) is 44.4 Å². The van der Waals surface area contributed by atoms with E-state index in [0.29, 0.717) is 44.5 Å². The van der Waals surface area contributed by atoms with Crippen molar-refractivity contribution >= 4 is 23.8 Å². The fraction of sp³-hybridized carbons (Fsp3) is 0.608. The highest BCUT2D eigenvalue weighted by Crippen LogP contribution is 2.41. The summed E-state index contributed by atoms with van der Waals surface area (Å²) in [5.41, 5.74) is 4.55. The van der Waals surface area contributed by atoms with Crippen LogP contribution in [0.4, 0.5) is 11.4 Å². The lowest BCUT2D eigenvalue weighted by molar-refractivity contribution is 0.234. The van der Waals surface area contributed by atoms with Crippen LogP contribution in [-0.2, 0) is 0 Å². The highest BCUT2D eigenvalue weighted by molar-refractivity contribution is 5.89. The summed E-state index contributed by atoms with van der Waals surface area (Å²) in [6.45, 7) is 16.5. The van der Waals surface area contributed by atoms with Gasteiger partial charge in [0.2, 0.25) is 5.75 Å². The van der Waals surface area contributed by atoms with Crippen LogP contribution < -0.4 is 23.7 Å². The molecule has 0 spiro atoms. The third kappa shape index (κ3) is 18.7. The van der Waals surface area contributed by atoms with E-state index in [0.717, 1.165) is 103 Å². The van der Waals surface area contributed by atoms with Crippen molar-refractivity contribution < 1.29 is 23.7 Å². The Bertz CT molecular complexity index is 1570. The van der Waals surface area contributed by atoms with Gasteiger partial charge in [-0.05, 0) is 87.1 Å². The maximum absolute atomic E-state index is 6.53. The molecule has 3 aromatic rings. The van der Waals surface area contributed by atoms with Gasteiger partial charge in [0.1, 0.15) is 0 Å². The molecule has 0 saturated carbocycles. The van der Waals surface area contributed by atoms with Crippen molar-refractivity contribution in [3.8, 4) is 28.7 Å². The predicted octanol–water partition coefficient (Wildman–Crippen LogP) is 15.3. The van der Waals surface area contributed by atoms with E-state index in [1.54, 1.807) is 0 Å². The summed E-state index contributed by atoms with van der Waals surface area (Å²) in [7, 11) is 0. The molecule has 0 radical (unpaired) electrons. The number of benzene rings is 3. The van der Waals surface area contributed by atoms with Crippen LogP contribution >= 0.6 is 0 Å². The van der Waals surface area contributed by atoms with Gasteiger partial charge >= 0.3 is 0 Å². The number of hydrogen-bond acceptors (Lipinski definition) is 7. The molecule has 7 nitrogen and oxygen atoms in total. The van der Waals surface area contributed by atoms with Crippen molar-refractivity contribution in [1.29, 1.82) is 0 Å². The van der Waals surface area contributed by atoms with E-state index >= 15 is 0 Å². The lowest BCUT2D eigenvalue weighted by atomic mass is 10.1. The van der Waals surface area contributed by atoms with E-state index in [9.17, 15) is 0 Å². The lowest BCUT2D eigenvalue weighted by Gasteiger charge is -2.19. The quantitative estimate of drug-likeness (QED) is 0.0444. The van der Waals surface area contributed by atoms with Gasteiger partial charge < -0.3 is 23.7 Å². The highest BCUT2D eigenvalue weighted by Gasteiger charge is 2.18. The molecular weight excluding hydrogens is 721 g/mol. The van der Waals surface area contributed by atoms with Crippen molar-refractivity contribution in [3.63, 3.8) is 0 Å². The number of rotatable bonds is 34. The summed E-state index contributed by atoms with van der Waals surface area (Å²) >= 11 is 0. The molecule has 0 aliphatic rings. The third-order valence-electron chi connectivity index (χ3n) is 10.2. The van der Waals surface area contributed by atoms with Crippen LogP contribution in [0.1, 0.15) is 180 Å². The number of unbranched alkanes of at least 4 members (excludes halogenated alkanes) is 15. The number of hydrogen-bond donors (Lipinski definition) is 0. The first-order valence-corrected chi connectivity index (χ1v) is 23.2. The van der Waals surface area contributed by atoms with Crippen LogP contribution in [0.25, 0.3) is 0 Å². The van der Waals surface area contributed by atoms with Crippen LogP contribution in [0.3, 0.4) is 0 Å². The van der Waals surface area contributed by atoms with Crippen molar-refractivity contribution in [2.24, 2.45) is 9.98 Å². The maximum atomic E-state index is 6.53. The summed E-state index contributed by atoms with van der Waals surface area (Å²) in [6.07, 6.45) is 26.7. The topological polar surface area (TPSA) is 70.9 Å². The summed E-state index contributed by atoms with van der Waals surface area (Å²) in [6, 6.07) is 16.2. The zero-order valence-corrected chi connectivity index (χ0v) is 37.4. The lowest BCUT2D eigenvalue weighted by Crippen LogP contribution is -2.08. The van der Waals surface area contributed by atoms with Gasteiger partial charge in [-0.1, -0.05) is 137 Å². The number of aryl methyl sites for hydroxylation is 1. The van der Waals surface area contributed by atoms with Crippen molar-refractivity contribution in [1.82, 2.24) is 0 Å². The first kappa shape index (κ1) is 48.4. The maximum Gasteiger partial charge on any atom is 0.204 e. The van der Waals surface area contributed by atoms with E-state index in [4.69, 9.17) is 33.7 Å². The fourth-order valence-electron chi connectivity index (χ4n) is 6.60. The number of ether oxygens (including phenoxy) is 5. The SMILES string of the molecule is CCCCCCOc1ccc(C=Nc2ccc(N=Cc3ccc(C)c(OCCCCCC)c3OCCCCCC)cc2)c(OCCCCCC)c1OCCCCCC. The normalized spacial score (nSPS) is 11.5. The van der Waals surface area contributed by atoms with Gasteiger partial charge in [0.15, 0.2) is 23.0 Å². The monoisotopic (exact) mass is 799 g/mol. The molecule has 0 atom stereocenters. The molecule has 0 unspecified atom stereocenters. The Morgan fingerprint density at radius 2 is 0.707 bits per heavy atom. The van der Waals surface area contributed by atoms with Gasteiger partial charge in [-0.15, -0.1) is 0 Å². The fourth-order valence-corrected chi connectivity index (χ4v) is 6.60. The smallest absolute Gasteiger partial charge is 0.204 e. The van der Waals surface area contributed by atoms with E-state index < -0.39 is 0 Å². The standard InChI is InChI=1S/C51H78N2O5/c1-7-12-17-22-35-54-47-34-29-44(50(57-38-25-20-15-10-4)51(47)58-39-26-21-16-11-5)41-53-46-32-30-45(31-33-46)52-40-43-28-27-42(6)48(55-36-23-18-13-8-2)49(43)56-37-24-19-14-9-3/h27-34,40-41H,7-26,35-39H2,1-6H3. The Hall–Kier alpha value is -4.00. The molecule has 7 heteroatoms. The molecule has 0 N–H and O–H groups in total. The van der Waals surface area contributed by atoms with Crippen molar-refractivity contribution in [2.45, 2.75) is 170 Å². The van der Waals surface area contributed by atoms with Gasteiger partial charge in [-0.25, -0.2) is 0 Å². The molecule has 3 aromatic carbocycles. The summed E-state index contributed by atoms with van der Waals surface area (Å²) in [4.78, 5) is 9.75. The molecule has 0 aliphatic carbocycles. The number of aliphatic imine (C=N–C) groups is 2. The Balaban J connectivity index is 1.84. The Morgan fingerprint density at radius 3 is 1.12 bits per heavy atom. The third-order valence-corrected chi connectivity index (χ3v) is 10.2. The van der Waals surface area contributed by atoms with Crippen molar-refractivity contribution in [2.75, 3.05) is 33.0 Å². The molecule has 322 valence electrons. The van der Waals surface area contributed by atoms with Crippen LogP contribution in [0, 0.1) is 6.92 Å². The Morgan fingerprint density at radius 1 is 0.362 bits per heavy atom.